The van der Waals surface area contributed by atoms with Crippen LogP contribution in [0.5, 0.6) is 0 Å². The van der Waals surface area contributed by atoms with Crippen molar-refractivity contribution in [2.45, 2.75) is 324 Å². The van der Waals surface area contributed by atoms with Gasteiger partial charge in [0.1, 0.15) is 113 Å². The molecular weight excluding hydrogens is 1780 g/mol. The van der Waals surface area contributed by atoms with Crippen LogP contribution in [-0.2, 0) is 243 Å². The monoisotopic (exact) mass is 1880 g/mol. The molecule has 0 aromatic heterocycles. The average Bonchev–Trinajstić information content (AvgIpc) is 0.760. The normalized spacial score (nSPS) is 31.7. The smallest absolute Gasteiger partial charge is 0.305 e. The van der Waals surface area contributed by atoms with E-state index in [9.17, 15) is 95.9 Å². The van der Waals surface area contributed by atoms with Gasteiger partial charge in [-0.3, -0.25) is 95.9 Å². The molecule has 6 rings (SSSR count). The van der Waals surface area contributed by atoms with Crippen molar-refractivity contribution in [2.24, 2.45) is 5.92 Å². The molecule has 6 saturated heterocycles. The van der Waals surface area contributed by atoms with Gasteiger partial charge in [0.25, 0.3) is 0 Å². The zero-order valence-electron chi connectivity index (χ0n) is 75.2. The first-order valence-electron chi connectivity index (χ1n) is 40.1. The minimum absolute atomic E-state index is 0.404. The second-order valence-electron chi connectivity index (χ2n) is 29.4. The summed E-state index contributed by atoms with van der Waals surface area (Å²) >= 11 is 0. The average molecular weight is 1890 g/mol. The highest BCUT2D eigenvalue weighted by Crippen LogP contribution is 2.42. The van der Waals surface area contributed by atoms with Crippen LogP contribution in [-0.4, -0.2) is 344 Å². The van der Waals surface area contributed by atoms with Gasteiger partial charge in [0, 0.05) is 144 Å². The number of esters is 20. The van der Waals surface area contributed by atoms with E-state index < -0.39 is 350 Å². The molecule has 30 atom stereocenters. The summed E-state index contributed by atoms with van der Waals surface area (Å²) in [4.78, 5) is 249. The Balaban J connectivity index is 0.000000464. The fourth-order valence-corrected chi connectivity index (χ4v) is 14.0. The van der Waals surface area contributed by atoms with Crippen LogP contribution in [0.3, 0.4) is 0 Å². The number of hydrogen-bond donors (Lipinski definition) is 0. The van der Waals surface area contributed by atoms with Gasteiger partial charge in [-0.2, -0.15) is 0 Å². The Labute approximate surface area is 747 Å². The molecule has 0 N–H and O–H groups in total. The quantitative estimate of drug-likeness (QED) is 0.0379. The molecule has 0 aromatic carbocycles. The van der Waals surface area contributed by atoms with Crippen molar-refractivity contribution in [1.82, 2.24) is 0 Å². The molecule has 13 unspecified atom stereocenters. The van der Waals surface area contributed by atoms with Gasteiger partial charge in [-0.25, -0.2) is 0 Å². The lowest BCUT2D eigenvalue weighted by molar-refractivity contribution is -0.378. The molecule has 51 heteroatoms. The van der Waals surface area contributed by atoms with E-state index in [4.69, 9.17) is 153 Å². The summed E-state index contributed by atoms with van der Waals surface area (Å²) in [7, 11) is 0. The van der Waals surface area contributed by atoms with Crippen LogP contribution in [0.15, 0.2) is 0 Å². The van der Waals surface area contributed by atoms with Crippen LogP contribution in [0.25, 0.3) is 0 Å². The summed E-state index contributed by atoms with van der Waals surface area (Å²) in [5, 5.41) is 0. The molecule has 51 nitrogen and oxygen atoms in total. The van der Waals surface area contributed by atoms with Crippen molar-refractivity contribution < 1.29 is 243 Å². The summed E-state index contributed by atoms with van der Waals surface area (Å²) in [6.07, 6.45) is -44.8. The van der Waals surface area contributed by atoms with Crippen molar-refractivity contribution >= 4 is 119 Å². The third kappa shape index (κ3) is 35.0. The topological polar surface area (TPSA) is 628 Å². The summed E-state index contributed by atoms with van der Waals surface area (Å²) in [6.45, 7) is 17.3. The standard InChI is InChI=1S/C40H54O27.C40H54O24/c1-15(41)52-12-26-29(55-18(4)44)32(56-19(5)45)36(60-23(9)49)39(64-26)67-31-28(14-54-17(3)43)65-40(37(61-24(10)50)34(31)58-21(7)47)66-30-27(13-53-16(2)42)63-38(62-25(11)51)35(59-22(8)48)33(30)57-20(6)46;1-12-13-50-38-36(58-25(10)48)33(55-22(7)45)31(28(61-38)15-52-19(4)42)64-40-37(59-26(11)49)34(56-23(8)46)32(29(62-40)16-53-20(5)43)63-39-35(57-24(9)47)30(54-21(6)44)17(2)27(60-39)14-51-18(3)41/h26-40H,12-14H2,1-11H3;1,17,27-40H,13-16H2,2-11H3/t26?,27?,28?,29-,30-,31-,32?,33+,34?,35?,36+,37+,38?,39-,40-;17-,27?,28?,29?,30?,31-,32-,33+,34?,35+,36?,37+,38-,39-,40-/m11/s1. The lowest BCUT2D eigenvalue weighted by Crippen LogP contribution is -2.69. The summed E-state index contributed by atoms with van der Waals surface area (Å²) in [6, 6.07) is 0. The summed E-state index contributed by atoms with van der Waals surface area (Å²) in [5.41, 5.74) is 0. The van der Waals surface area contributed by atoms with E-state index >= 15 is 0 Å². The number of terminal acetylenes is 1. The SMILES string of the molecule is C#CCO[C@@H]1OC(COC(C)=O)[C@@H](O[C@H]2OC(COC(C)=O)[C@@H](O[C@H]3OC(COC(C)=O)[C@@H](C)C(OC(C)=O)[C@@H]3OC(C)=O)C(OC(C)=O)[C@@H]2OC(C)=O)[C@H](OC(C)=O)C1OC(C)=O.CC(=O)OCC1O[C@H](O[C@@H]2C(COC(C)=O)O[C@H](O[C@@H]3C(COC(C)=O)OC(OC(C)=O)C(OC(C)=O)[C@H]3OC(C)=O)[C@@H](OC(C)=O)C2OC(C)=O)[C@@H](OC(C)=O)C(OC(C)=O)[C@@H]1OC(C)=O. The van der Waals surface area contributed by atoms with Gasteiger partial charge in [0.05, 0.1) is 0 Å². The van der Waals surface area contributed by atoms with E-state index in [0.29, 0.717) is 0 Å². The van der Waals surface area contributed by atoms with Gasteiger partial charge in [0.15, 0.2) is 98.6 Å². The molecular formula is C80H108O51. The lowest BCUT2D eigenvalue weighted by Gasteiger charge is -2.50. The highest BCUT2D eigenvalue weighted by Gasteiger charge is 2.63. The minimum atomic E-state index is -2.06. The Bertz CT molecular complexity index is 4100. The molecule has 0 radical (unpaired) electrons. The second kappa shape index (κ2) is 51.9. The van der Waals surface area contributed by atoms with Crippen molar-refractivity contribution in [3.8, 4) is 12.3 Å². The summed E-state index contributed by atoms with van der Waals surface area (Å²) < 4.78 is 177. The second-order valence-corrected chi connectivity index (χ2v) is 29.4. The Morgan fingerprint density at radius 3 is 0.603 bits per heavy atom. The Hall–Kier alpha value is -11.5. The highest BCUT2D eigenvalue weighted by atomic mass is 16.8. The van der Waals surface area contributed by atoms with Gasteiger partial charge in [-0.15, -0.1) is 6.42 Å². The number of ether oxygens (including phenoxy) is 31. The maximum Gasteiger partial charge on any atom is 0.305 e. The molecule has 0 aromatic rings. The zero-order valence-corrected chi connectivity index (χ0v) is 75.2. The fourth-order valence-electron chi connectivity index (χ4n) is 14.0. The minimum Gasteiger partial charge on any atom is -0.463 e. The molecule has 6 aliphatic rings. The third-order valence-corrected chi connectivity index (χ3v) is 18.4. The first kappa shape index (κ1) is 110. The van der Waals surface area contributed by atoms with Gasteiger partial charge in [-0.1, -0.05) is 12.8 Å². The van der Waals surface area contributed by atoms with Crippen LogP contribution in [0.4, 0.5) is 0 Å². The van der Waals surface area contributed by atoms with E-state index in [0.717, 1.165) is 138 Å². The van der Waals surface area contributed by atoms with Gasteiger partial charge in [-0.05, 0) is 0 Å². The van der Waals surface area contributed by atoms with E-state index in [2.05, 4.69) is 5.92 Å². The van der Waals surface area contributed by atoms with Crippen LogP contribution < -0.4 is 0 Å². The van der Waals surface area contributed by atoms with Gasteiger partial charge in [0.2, 0.25) is 12.4 Å². The molecule has 6 fully saturated rings. The first-order valence-corrected chi connectivity index (χ1v) is 40.1. The Morgan fingerprint density at radius 1 is 0.198 bits per heavy atom. The predicted molar refractivity (Wildman–Crippen MR) is 409 cm³/mol. The number of hydrogen-bond acceptors (Lipinski definition) is 51. The molecule has 0 aliphatic carbocycles. The van der Waals surface area contributed by atoms with Crippen molar-refractivity contribution in [2.75, 3.05) is 46.2 Å². The zero-order chi connectivity index (χ0) is 98.4. The van der Waals surface area contributed by atoms with Crippen molar-refractivity contribution in [3.05, 3.63) is 0 Å². The van der Waals surface area contributed by atoms with Crippen molar-refractivity contribution in [3.63, 3.8) is 0 Å². The number of rotatable bonds is 36. The number of carbonyl (C=O) groups excluding carboxylic acids is 20. The first-order chi connectivity index (χ1) is 61.3. The van der Waals surface area contributed by atoms with Crippen molar-refractivity contribution in [1.29, 1.82) is 0 Å². The van der Waals surface area contributed by atoms with Gasteiger partial charge < -0.3 is 147 Å². The fraction of sp³-hybridized carbons (Fsp3) is 0.725. The molecule has 0 bridgehead atoms. The largest absolute Gasteiger partial charge is 0.463 e. The molecule has 0 saturated carbocycles. The molecule has 6 aliphatic heterocycles. The van der Waals surface area contributed by atoms with E-state index in [-0.39, 0.29) is 0 Å². The molecule has 0 amide bonds. The van der Waals surface area contributed by atoms with Crippen LogP contribution >= 0.6 is 0 Å². The summed E-state index contributed by atoms with van der Waals surface area (Å²) in [5.74, 6) is -17.2. The van der Waals surface area contributed by atoms with E-state index in [1.54, 1.807) is 6.92 Å². The lowest BCUT2D eigenvalue weighted by atomic mass is 9.90. The van der Waals surface area contributed by atoms with Crippen LogP contribution in [0, 0.1) is 18.3 Å². The highest BCUT2D eigenvalue weighted by molar-refractivity contribution is 5.73. The van der Waals surface area contributed by atoms with E-state index in [1.807, 2.05) is 0 Å². The van der Waals surface area contributed by atoms with Gasteiger partial charge >= 0.3 is 119 Å². The third-order valence-electron chi connectivity index (χ3n) is 18.4. The van der Waals surface area contributed by atoms with Crippen LogP contribution in [0.2, 0.25) is 0 Å². The molecule has 6 heterocycles. The molecule has 131 heavy (non-hydrogen) atoms. The number of carbonyl (C=O) groups is 20. The molecule has 0 spiro atoms. The maximum atomic E-state index is 13.0. The van der Waals surface area contributed by atoms with E-state index in [1.165, 1.54) is 0 Å². The Kier molecular flexibility index (Phi) is 43.6. The predicted octanol–water partition coefficient (Wildman–Crippen LogP) is -1.80. The van der Waals surface area contributed by atoms with Crippen LogP contribution in [0.1, 0.15) is 145 Å². The molecule has 734 valence electrons. The maximum absolute atomic E-state index is 13.0. The Morgan fingerprint density at radius 2 is 0.366 bits per heavy atom.